The fourth-order valence-corrected chi connectivity index (χ4v) is 2.71. The van der Waals surface area contributed by atoms with Crippen LogP contribution in [-0.4, -0.2) is 13.2 Å². The lowest BCUT2D eigenvalue weighted by Gasteiger charge is -2.20. The van der Waals surface area contributed by atoms with Crippen LogP contribution in [0, 0.1) is 11.3 Å². The minimum absolute atomic E-state index is 0.238. The number of nitrogens with zero attached hydrogens (tertiary/aromatic N) is 1. The molecule has 1 aliphatic rings. The van der Waals surface area contributed by atoms with Gasteiger partial charge in [-0.25, -0.2) is 0 Å². The van der Waals surface area contributed by atoms with Crippen molar-refractivity contribution < 1.29 is 4.74 Å². The van der Waals surface area contributed by atoms with E-state index >= 15 is 0 Å². The summed E-state index contributed by atoms with van der Waals surface area (Å²) >= 11 is 0. The fourth-order valence-electron chi connectivity index (χ4n) is 2.71. The molecular formula is C16H22N2O. The summed E-state index contributed by atoms with van der Waals surface area (Å²) in [6.07, 6.45) is 7.56. The Labute approximate surface area is 115 Å². The quantitative estimate of drug-likeness (QED) is 0.840. The van der Waals surface area contributed by atoms with Gasteiger partial charge in [0.2, 0.25) is 0 Å². The van der Waals surface area contributed by atoms with E-state index in [0.717, 1.165) is 11.3 Å². The third-order valence-electron chi connectivity index (χ3n) is 3.81. The van der Waals surface area contributed by atoms with Crippen LogP contribution in [0.1, 0.15) is 50.1 Å². The zero-order valence-electron chi connectivity index (χ0n) is 11.6. The van der Waals surface area contributed by atoms with E-state index in [0.29, 0.717) is 6.04 Å². The maximum Gasteiger partial charge on any atom is 0.121 e. The van der Waals surface area contributed by atoms with Crippen LogP contribution >= 0.6 is 0 Å². The first kappa shape index (κ1) is 13.9. The van der Waals surface area contributed by atoms with E-state index in [9.17, 15) is 5.26 Å². The Bertz CT molecular complexity index is 431. The highest BCUT2D eigenvalue weighted by atomic mass is 16.5. The van der Waals surface area contributed by atoms with Crippen LogP contribution in [0.4, 0.5) is 0 Å². The molecule has 19 heavy (non-hydrogen) atoms. The number of rotatable bonds is 4. The van der Waals surface area contributed by atoms with Crippen LogP contribution in [0.5, 0.6) is 5.75 Å². The lowest BCUT2D eigenvalue weighted by atomic mass is 10.0. The Hall–Kier alpha value is -1.53. The van der Waals surface area contributed by atoms with Crippen LogP contribution in [0.3, 0.4) is 0 Å². The van der Waals surface area contributed by atoms with Gasteiger partial charge in [-0.05, 0) is 30.5 Å². The number of methoxy groups -OCH3 is 1. The lowest BCUT2D eigenvalue weighted by Crippen LogP contribution is -2.31. The minimum atomic E-state index is -0.238. The van der Waals surface area contributed by atoms with Crippen molar-refractivity contribution in [3.05, 3.63) is 29.8 Å². The zero-order valence-corrected chi connectivity index (χ0v) is 11.6. The first-order chi connectivity index (χ1) is 9.33. The molecule has 102 valence electrons. The van der Waals surface area contributed by atoms with Crippen molar-refractivity contribution >= 4 is 0 Å². The Kier molecular flexibility index (Phi) is 5.23. The number of hydrogen-bond donors (Lipinski definition) is 1. The summed E-state index contributed by atoms with van der Waals surface area (Å²) in [5.74, 6) is 0.806. The van der Waals surface area contributed by atoms with E-state index in [1.54, 1.807) is 7.11 Å². The first-order valence-electron chi connectivity index (χ1n) is 7.13. The highest BCUT2D eigenvalue weighted by Gasteiger charge is 2.18. The average molecular weight is 258 g/mol. The van der Waals surface area contributed by atoms with Gasteiger partial charge in [0, 0.05) is 6.04 Å². The zero-order chi connectivity index (χ0) is 13.5. The number of ether oxygens (including phenoxy) is 1. The standard InChI is InChI=1S/C16H22N2O/c1-19-15-10-6-7-13(11-15)16(12-17)18-14-8-4-2-3-5-9-14/h6-7,10-11,14,16,18H,2-5,8-9H2,1H3. The van der Waals surface area contributed by atoms with Crippen molar-refractivity contribution in [3.63, 3.8) is 0 Å². The van der Waals surface area contributed by atoms with Gasteiger partial charge in [0.25, 0.3) is 0 Å². The second-order valence-corrected chi connectivity index (χ2v) is 5.19. The smallest absolute Gasteiger partial charge is 0.121 e. The van der Waals surface area contributed by atoms with Crippen LogP contribution in [0.15, 0.2) is 24.3 Å². The van der Waals surface area contributed by atoms with Gasteiger partial charge in [0.05, 0.1) is 13.2 Å². The van der Waals surface area contributed by atoms with Crippen molar-refractivity contribution in [2.75, 3.05) is 7.11 Å². The van der Waals surface area contributed by atoms with Gasteiger partial charge in [0.1, 0.15) is 11.8 Å². The Balaban J connectivity index is 2.04. The van der Waals surface area contributed by atoms with Gasteiger partial charge in [-0.15, -0.1) is 0 Å². The van der Waals surface area contributed by atoms with Gasteiger partial charge in [-0.2, -0.15) is 5.26 Å². The maximum atomic E-state index is 9.39. The van der Waals surface area contributed by atoms with E-state index in [1.807, 2.05) is 24.3 Å². The Morgan fingerprint density at radius 2 is 2.00 bits per heavy atom. The number of benzene rings is 1. The molecule has 0 bridgehead atoms. The molecule has 1 atom stereocenters. The van der Waals surface area contributed by atoms with Crippen LogP contribution in [0.2, 0.25) is 0 Å². The molecule has 1 aromatic carbocycles. The molecule has 1 saturated carbocycles. The summed E-state index contributed by atoms with van der Waals surface area (Å²) in [4.78, 5) is 0. The lowest BCUT2D eigenvalue weighted by molar-refractivity contribution is 0.411. The second kappa shape index (κ2) is 7.16. The van der Waals surface area contributed by atoms with Gasteiger partial charge >= 0.3 is 0 Å². The highest BCUT2D eigenvalue weighted by Crippen LogP contribution is 2.23. The summed E-state index contributed by atoms with van der Waals surface area (Å²) in [7, 11) is 1.65. The molecule has 0 heterocycles. The second-order valence-electron chi connectivity index (χ2n) is 5.19. The molecule has 1 fully saturated rings. The summed E-state index contributed by atoms with van der Waals surface area (Å²) in [6, 6.07) is 10.4. The predicted octanol–water partition coefficient (Wildman–Crippen LogP) is 3.57. The number of nitrogens with one attached hydrogen (secondary N) is 1. The molecule has 0 saturated heterocycles. The molecule has 3 heteroatoms. The average Bonchev–Trinajstić information content (AvgIpc) is 2.73. The van der Waals surface area contributed by atoms with Crippen molar-refractivity contribution in [2.45, 2.75) is 50.6 Å². The Morgan fingerprint density at radius 1 is 1.26 bits per heavy atom. The molecule has 0 spiro atoms. The van der Waals surface area contributed by atoms with E-state index in [2.05, 4.69) is 11.4 Å². The van der Waals surface area contributed by atoms with Crippen LogP contribution in [-0.2, 0) is 0 Å². The molecule has 0 aliphatic heterocycles. The van der Waals surface area contributed by atoms with Crippen molar-refractivity contribution in [1.29, 1.82) is 5.26 Å². The number of hydrogen-bond acceptors (Lipinski definition) is 3. The summed E-state index contributed by atoms with van der Waals surface area (Å²) in [5, 5.41) is 12.9. The molecule has 2 rings (SSSR count). The molecule has 1 aromatic rings. The molecule has 0 amide bonds. The molecule has 0 aromatic heterocycles. The molecule has 1 unspecified atom stereocenters. The Morgan fingerprint density at radius 3 is 2.63 bits per heavy atom. The topological polar surface area (TPSA) is 45.0 Å². The van der Waals surface area contributed by atoms with Crippen molar-refractivity contribution in [2.24, 2.45) is 0 Å². The van der Waals surface area contributed by atoms with Gasteiger partial charge in [0.15, 0.2) is 0 Å². The SMILES string of the molecule is COc1cccc(C(C#N)NC2CCCCCC2)c1. The summed E-state index contributed by atoms with van der Waals surface area (Å²) in [6.45, 7) is 0. The monoisotopic (exact) mass is 258 g/mol. The van der Waals surface area contributed by atoms with E-state index in [-0.39, 0.29) is 6.04 Å². The van der Waals surface area contributed by atoms with E-state index in [4.69, 9.17) is 4.74 Å². The minimum Gasteiger partial charge on any atom is -0.497 e. The highest BCUT2D eigenvalue weighted by molar-refractivity contribution is 5.33. The molecular weight excluding hydrogens is 236 g/mol. The third-order valence-corrected chi connectivity index (χ3v) is 3.81. The fraction of sp³-hybridized carbons (Fsp3) is 0.562. The molecule has 0 radical (unpaired) electrons. The van der Waals surface area contributed by atoms with Gasteiger partial charge in [-0.1, -0.05) is 37.8 Å². The van der Waals surface area contributed by atoms with Crippen LogP contribution in [0.25, 0.3) is 0 Å². The normalized spacial score (nSPS) is 18.3. The predicted molar refractivity (Wildman–Crippen MR) is 76.0 cm³/mol. The van der Waals surface area contributed by atoms with Crippen LogP contribution < -0.4 is 10.1 Å². The number of nitriles is 1. The first-order valence-corrected chi connectivity index (χ1v) is 7.13. The largest absolute Gasteiger partial charge is 0.497 e. The maximum absolute atomic E-state index is 9.39. The van der Waals surface area contributed by atoms with E-state index in [1.165, 1.54) is 38.5 Å². The third kappa shape index (κ3) is 3.97. The van der Waals surface area contributed by atoms with Crippen molar-refractivity contribution in [3.8, 4) is 11.8 Å². The van der Waals surface area contributed by atoms with E-state index < -0.39 is 0 Å². The molecule has 3 nitrogen and oxygen atoms in total. The van der Waals surface area contributed by atoms with Crippen molar-refractivity contribution in [1.82, 2.24) is 5.32 Å². The van der Waals surface area contributed by atoms with Gasteiger partial charge < -0.3 is 4.74 Å². The van der Waals surface area contributed by atoms with Gasteiger partial charge in [-0.3, -0.25) is 5.32 Å². The summed E-state index contributed by atoms with van der Waals surface area (Å²) in [5.41, 5.74) is 0.992. The molecule has 1 N–H and O–H groups in total. The molecule has 1 aliphatic carbocycles. The summed E-state index contributed by atoms with van der Waals surface area (Å²) < 4.78 is 5.22.